The lowest BCUT2D eigenvalue weighted by molar-refractivity contribution is 0.0339. The second-order valence-corrected chi connectivity index (χ2v) is 6.61. The molecule has 6 nitrogen and oxygen atoms in total. The number of ether oxygens (including phenoxy) is 1. The fraction of sp³-hybridized carbons (Fsp3) is 0.538. The molecule has 2 N–H and O–H groups in total. The van der Waals surface area contributed by atoms with Crippen molar-refractivity contribution in [3.8, 4) is 0 Å². The van der Waals surface area contributed by atoms with E-state index in [4.69, 9.17) is 4.74 Å². The van der Waals surface area contributed by atoms with E-state index in [1.54, 1.807) is 18.2 Å². The van der Waals surface area contributed by atoms with Crippen LogP contribution in [0.15, 0.2) is 29.2 Å². The Morgan fingerprint density at radius 2 is 2.20 bits per heavy atom. The third kappa shape index (κ3) is 3.49. The van der Waals surface area contributed by atoms with Gasteiger partial charge < -0.3 is 15.0 Å². The summed E-state index contributed by atoms with van der Waals surface area (Å²) < 4.78 is 32.1. The van der Waals surface area contributed by atoms with Crippen LogP contribution in [-0.4, -0.2) is 54.9 Å². The van der Waals surface area contributed by atoms with E-state index in [1.165, 1.54) is 7.05 Å². The van der Waals surface area contributed by atoms with Crippen molar-refractivity contribution in [2.24, 2.45) is 0 Å². The maximum absolute atomic E-state index is 12.0. The molecular formula is C13H21N3O3S. The van der Waals surface area contributed by atoms with Crippen LogP contribution in [0.2, 0.25) is 0 Å². The van der Waals surface area contributed by atoms with E-state index in [-0.39, 0.29) is 11.0 Å². The molecule has 2 rings (SSSR count). The molecule has 1 fully saturated rings. The molecule has 1 saturated heterocycles. The number of hydrogen-bond donors (Lipinski definition) is 2. The Bertz CT molecular complexity index is 542. The summed E-state index contributed by atoms with van der Waals surface area (Å²) in [6.07, 6.45) is 0.0686. The third-order valence-electron chi connectivity index (χ3n) is 3.32. The molecule has 1 atom stereocenters. The molecule has 7 heteroatoms. The van der Waals surface area contributed by atoms with E-state index < -0.39 is 10.0 Å². The molecule has 1 unspecified atom stereocenters. The Kier molecular flexibility index (Phi) is 4.98. The van der Waals surface area contributed by atoms with Gasteiger partial charge in [0.2, 0.25) is 10.0 Å². The lowest BCUT2D eigenvalue weighted by atomic mass is 10.2. The molecule has 1 heterocycles. The third-order valence-corrected chi connectivity index (χ3v) is 4.78. The highest BCUT2D eigenvalue weighted by molar-refractivity contribution is 7.89. The van der Waals surface area contributed by atoms with Crippen molar-refractivity contribution in [1.29, 1.82) is 0 Å². The summed E-state index contributed by atoms with van der Waals surface area (Å²) in [5.74, 6) is 0. The Hall–Kier alpha value is -1.15. The number of nitrogens with zero attached hydrogens (tertiary/aromatic N) is 1. The van der Waals surface area contributed by atoms with E-state index >= 15 is 0 Å². The molecule has 1 aromatic rings. The first-order chi connectivity index (χ1) is 9.54. The standard InChI is InChI=1S/C13H21N3O3S/c1-14-20(17,18)13-6-4-3-5-12(13)16(2)10-11-9-15-7-8-19-11/h3-6,11,14-15H,7-10H2,1-2H3. The fourth-order valence-electron chi connectivity index (χ4n) is 2.25. The molecule has 112 valence electrons. The van der Waals surface area contributed by atoms with Gasteiger partial charge >= 0.3 is 0 Å². The molecule has 20 heavy (non-hydrogen) atoms. The highest BCUT2D eigenvalue weighted by Gasteiger charge is 2.21. The van der Waals surface area contributed by atoms with Gasteiger partial charge in [-0.25, -0.2) is 13.1 Å². The van der Waals surface area contributed by atoms with E-state index in [0.717, 1.165) is 13.1 Å². The second kappa shape index (κ2) is 6.53. The number of anilines is 1. The lowest BCUT2D eigenvalue weighted by Crippen LogP contribution is -2.44. The summed E-state index contributed by atoms with van der Waals surface area (Å²) in [6, 6.07) is 6.97. The normalized spacial score (nSPS) is 19.8. The lowest BCUT2D eigenvalue weighted by Gasteiger charge is -2.30. The Labute approximate surface area is 120 Å². The number of likely N-dealkylation sites (N-methyl/N-ethyl adjacent to an activating group) is 1. The predicted molar refractivity (Wildman–Crippen MR) is 78.6 cm³/mol. The number of para-hydroxylation sites is 1. The molecule has 0 spiro atoms. The molecule has 0 radical (unpaired) electrons. The summed E-state index contributed by atoms with van der Waals surface area (Å²) in [7, 11) is -0.169. The van der Waals surface area contributed by atoms with E-state index in [9.17, 15) is 8.42 Å². The number of morpholine rings is 1. The van der Waals surface area contributed by atoms with Gasteiger partial charge in [-0.1, -0.05) is 12.1 Å². The number of rotatable bonds is 5. The van der Waals surface area contributed by atoms with Gasteiger partial charge in [0, 0.05) is 26.7 Å². The van der Waals surface area contributed by atoms with Crippen LogP contribution < -0.4 is 14.9 Å². The Morgan fingerprint density at radius 1 is 1.45 bits per heavy atom. The molecule has 0 aromatic heterocycles. The zero-order valence-corrected chi connectivity index (χ0v) is 12.6. The first-order valence-electron chi connectivity index (χ1n) is 6.60. The van der Waals surface area contributed by atoms with Gasteiger partial charge in [-0.05, 0) is 19.2 Å². The monoisotopic (exact) mass is 299 g/mol. The zero-order chi connectivity index (χ0) is 14.6. The van der Waals surface area contributed by atoms with Crippen molar-refractivity contribution in [1.82, 2.24) is 10.0 Å². The van der Waals surface area contributed by atoms with Crippen LogP contribution in [-0.2, 0) is 14.8 Å². The highest BCUT2D eigenvalue weighted by Crippen LogP contribution is 2.24. The molecular weight excluding hydrogens is 278 g/mol. The zero-order valence-electron chi connectivity index (χ0n) is 11.8. The number of nitrogens with one attached hydrogen (secondary N) is 2. The van der Waals surface area contributed by atoms with Gasteiger partial charge in [0.05, 0.1) is 18.4 Å². The molecule has 0 aliphatic carbocycles. The van der Waals surface area contributed by atoms with Gasteiger partial charge in [-0.3, -0.25) is 0 Å². The van der Waals surface area contributed by atoms with Crippen molar-refractivity contribution < 1.29 is 13.2 Å². The average Bonchev–Trinajstić information content (AvgIpc) is 2.48. The van der Waals surface area contributed by atoms with Crippen LogP contribution in [0.1, 0.15) is 0 Å². The molecule has 1 aliphatic rings. The average molecular weight is 299 g/mol. The number of hydrogen-bond acceptors (Lipinski definition) is 5. The predicted octanol–water partition coefficient (Wildman–Crippen LogP) is 0.0193. The highest BCUT2D eigenvalue weighted by atomic mass is 32.2. The number of sulfonamides is 1. The van der Waals surface area contributed by atoms with Crippen molar-refractivity contribution in [2.75, 3.05) is 45.2 Å². The summed E-state index contributed by atoms with van der Waals surface area (Å²) >= 11 is 0. The van der Waals surface area contributed by atoms with E-state index in [0.29, 0.717) is 18.8 Å². The van der Waals surface area contributed by atoms with Gasteiger partial charge in [-0.2, -0.15) is 0 Å². The summed E-state index contributed by atoms with van der Waals surface area (Å²) in [4.78, 5) is 2.20. The van der Waals surface area contributed by atoms with Crippen LogP contribution in [0, 0.1) is 0 Å². The van der Waals surface area contributed by atoms with Crippen molar-refractivity contribution >= 4 is 15.7 Å². The quantitative estimate of drug-likeness (QED) is 0.802. The largest absolute Gasteiger partial charge is 0.374 e. The minimum Gasteiger partial charge on any atom is -0.374 e. The topological polar surface area (TPSA) is 70.7 Å². The molecule has 0 bridgehead atoms. The fourth-order valence-corrected chi connectivity index (χ4v) is 3.23. The van der Waals surface area contributed by atoms with Gasteiger partial charge in [0.15, 0.2) is 0 Å². The molecule has 0 amide bonds. The minimum atomic E-state index is -3.46. The minimum absolute atomic E-state index is 0.0686. The smallest absolute Gasteiger partial charge is 0.242 e. The molecule has 1 aliphatic heterocycles. The van der Waals surface area contributed by atoms with E-state index in [1.807, 2.05) is 18.0 Å². The Balaban J connectivity index is 2.19. The molecule has 1 aromatic carbocycles. The second-order valence-electron chi connectivity index (χ2n) is 4.75. The Morgan fingerprint density at radius 3 is 2.85 bits per heavy atom. The first kappa shape index (κ1) is 15.2. The van der Waals surface area contributed by atoms with Crippen LogP contribution in [0.3, 0.4) is 0 Å². The van der Waals surface area contributed by atoms with Crippen molar-refractivity contribution in [3.63, 3.8) is 0 Å². The van der Waals surface area contributed by atoms with E-state index in [2.05, 4.69) is 10.0 Å². The maximum Gasteiger partial charge on any atom is 0.242 e. The maximum atomic E-state index is 12.0. The van der Waals surface area contributed by atoms with Crippen LogP contribution in [0.5, 0.6) is 0 Å². The SMILES string of the molecule is CNS(=O)(=O)c1ccccc1N(C)CC1CNCCO1. The van der Waals surface area contributed by atoms with Crippen molar-refractivity contribution in [2.45, 2.75) is 11.0 Å². The van der Waals surface area contributed by atoms with Crippen LogP contribution >= 0.6 is 0 Å². The van der Waals surface area contributed by atoms with Gasteiger partial charge in [0.25, 0.3) is 0 Å². The van der Waals surface area contributed by atoms with Gasteiger partial charge in [-0.15, -0.1) is 0 Å². The van der Waals surface area contributed by atoms with Crippen LogP contribution in [0.25, 0.3) is 0 Å². The van der Waals surface area contributed by atoms with Gasteiger partial charge in [0.1, 0.15) is 4.90 Å². The van der Waals surface area contributed by atoms with Crippen LogP contribution in [0.4, 0.5) is 5.69 Å². The summed E-state index contributed by atoms with van der Waals surface area (Å²) in [5.41, 5.74) is 0.677. The molecule has 0 saturated carbocycles. The first-order valence-corrected chi connectivity index (χ1v) is 8.09. The van der Waals surface area contributed by atoms with Crippen molar-refractivity contribution in [3.05, 3.63) is 24.3 Å². The number of benzene rings is 1. The summed E-state index contributed by atoms with van der Waals surface area (Å²) in [5, 5.41) is 3.27. The summed E-state index contributed by atoms with van der Waals surface area (Å²) in [6.45, 7) is 2.98.